The molecule has 0 spiro atoms. The molecule has 0 amide bonds. The second kappa shape index (κ2) is 7.51. The van der Waals surface area contributed by atoms with Crippen LogP contribution in [0.4, 0.5) is 0 Å². The van der Waals surface area contributed by atoms with Gasteiger partial charge in [-0.25, -0.2) is 0 Å². The third kappa shape index (κ3) is 4.51. The van der Waals surface area contributed by atoms with Crippen LogP contribution in [0.25, 0.3) is 10.4 Å². The number of carbonyl (C=O) groups is 1. The normalized spacial score (nSPS) is 26.9. The molecule has 0 aromatic carbocycles. The van der Waals surface area contributed by atoms with E-state index < -0.39 is 0 Å². The fraction of sp³-hybridized carbons (Fsp3) is 0.929. The molecule has 5 nitrogen and oxygen atoms in total. The molecule has 0 aromatic heterocycles. The number of carbonyl (C=O) groups excluding carboxylic acids is 1. The highest BCUT2D eigenvalue weighted by Crippen LogP contribution is 2.35. The highest BCUT2D eigenvalue weighted by atomic mass is 16.3. The smallest absolute Gasteiger partial charge is 0.136 e. The fourth-order valence-electron chi connectivity index (χ4n) is 2.97. The molecule has 19 heavy (non-hydrogen) atoms. The van der Waals surface area contributed by atoms with Gasteiger partial charge in [0.25, 0.3) is 0 Å². The Hall–Kier alpha value is -1.06. The first-order valence-corrected chi connectivity index (χ1v) is 7.17. The van der Waals surface area contributed by atoms with E-state index in [0.717, 1.165) is 12.8 Å². The van der Waals surface area contributed by atoms with Crippen LogP contribution in [0.15, 0.2) is 5.11 Å². The van der Waals surface area contributed by atoms with Gasteiger partial charge in [-0.1, -0.05) is 25.9 Å². The summed E-state index contributed by atoms with van der Waals surface area (Å²) in [5, 5.41) is 13.1. The maximum absolute atomic E-state index is 11.9. The number of nitrogens with zero attached hydrogens (tertiary/aromatic N) is 3. The van der Waals surface area contributed by atoms with Gasteiger partial charge in [0.05, 0.1) is 0 Å². The first kappa shape index (κ1) is 16.0. The minimum absolute atomic E-state index is 0.0958. The summed E-state index contributed by atoms with van der Waals surface area (Å²) in [5.41, 5.74) is 8.71. The average molecular weight is 267 g/mol. The maximum Gasteiger partial charge on any atom is 0.136 e. The first-order chi connectivity index (χ1) is 8.99. The summed E-state index contributed by atoms with van der Waals surface area (Å²) in [4.78, 5) is 14.8. The molecule has 1 N–H and O–H groups in total. The lowest BCUT2D eigenvalue weighted by atomic mass is 9.72. The Bertz CT molecular complexity index is 351. The SMILES string of the molecule is CC(C)[C@@H]1C[C@@H]([C@H](C[C@@H](C)CO)N=[N+]=[N-])CCC1=O. The molecular formula is C14H25N3O2. The molecule has 0 aliphatic heterocycles. The Labute approximate surface area is 115 Å². The van der Waals surface area contributed by atoms with Crippen molar-refractivity contribution in [3.05, 3.63) is 10.4 Å². The quantitative estimate of drug-likeness (QED) is 0.454. The molecule has 5 heteroatoms. The van der Waals surface area contributed by atoms with Crippen LogP contribution in [0.2, 0.25) is 0 Å². The maximum atomic E-state index is 11.9. The zero-order valence-corrected chi connectivity index (χ0v) is 12.1. The van der Waals surface area contributed by atoms with Crippen molar-refractivity contribution in [2.45, 2.75) is 52.5 Å². The molecule has 108 valence electrons. The van der Waals surface area contributed by atoms with E-state index in [1.165, 1.54) is 0 Å². The molecule has 0 aromatic rings. The van der Waals surface area contributed by atoms with Crippen molar-refractivity contribution in [2.75, 3.05) is 6.61 Å². The average Bonchev–Trinajstić information content (AvgIpc) is 2.38. The molecule has 0 heterocycles. The van der Waals surface area contributed by atoms with E-state index >= 15 is 0 Å². The van der Waals surface area contributed by atoms with E-state index in [9.17, 15) is 4.79 Å². The number of aliphatic hydroxyl groups excluding tert-OH is 1. The van der Waals surface area contributed by atoms with Crippen LogP contribution in [0.5, 0.6) is 0 Å². The predicted octanol–water partition coefficient (Wildman–Crippen LogP) is 3.33. The van der Waals surface area contributed by atoms with Crippen LogP contribution in [-0.2, 0) is 4.79 Å². The Balaban J connectivity index is 2.74. The minimum atomic E-state index is -0.0958. The molecule has 0 bridgehead atoms. The summed E-state index contributed by atoms with van der Waals surface area (Å²) in [6.45, 7) is 6.21. The zero-order valence-electron chi connectivity index (χ0n) is 12.1. The number of ketones is 1. The van der Waals surface area contributed by atoms with E-state index in [1.54, 1.807) is 0 Å². The van der Waals surface area contributed by atoms with Crippen LogP contribution < -0.4 is 0 Å². The van der Waals surface area contributed by atoms with Gasteiger partial charge in [0.1, 0.15) is 5.78 Å². The summed E-state index contributed by atoms with van der Waals surface area (Å²) in [7, 11) is 0. The van der Waals surface area contributed by atoms with Gasteiger partial charge in [-0.3, -0.25) is 4.79 Å². The molecule has 1 fully saturated rings. The van der Waals surface area contributed by atoms with E-state index in [-0.39, 0.29) is 30.4 Å². The molecule has 1 aliphatic carbocycles. The molecule has 1 rings (SSSR count). The van der Waals surface area contributed by atoms with E-state index in [1.807, 2.05) is 6.92 Å². The van der Waals surface area contributed by atoms with E-state index in [4.69, 9.17) is 10.6 Å². The number of rotatable bonds is 6. The van der Waals surface area contributed by atoms with Gasteiger partial charge in [0.2, 0.25) is 0 Å². The lowest BCUT2D eigenvalue weighted by molar-refractivity contribution is -0.127. The van der Waals surface area contributed by atoms with E-state index in [0.29, 0.717) is 24.5 Å². The molecule has 4 atom stereocenters. The number of hydrogen-bond acceptors (Lipinski definition) is 3. The monoisotopic (exact) mass is 267 g/mol. The molecular weight excluding hydrogens is 242 g/mol. The van der Waals surface area contributed by atoms with E-state index in [2.05, 4.69) is 23.9 Å². The summed E-state index contributed by atoms with van der Waals surface area (Å²) in [6, 6.07) is -0.0958. The Morgan fingerprint density at radius 2 is 2.16 bits per heavy atom. The van der Waals surface area contributed by atoms with Crippen LogP contribution >= 0.6 is 0 Å². The van der Waals surface area contributed by atoms with Crippen molar-refractivity contribution in [2.24, 2.45) is 28.8 Å². The van der Waals surface area contributed by atoms with Crippen molar-refractivity contribution in [3.8, 4) is 0 Å². The topological polar surface area (TPSA) is 86.1 Å². The predicted molar refractivity (Wildman–Crippen MR) is 74.5 cm³/mol. The highest BCUT2D eigenvalue weighted by Gasteiger charge is 2.34. The van der Waals surface area contributed by atoms with Gasteiger partial charge in [-0.15, -0.1) is 0 Å². The molecule has 0 unspecified atom stereocenters. The van der Waals surface area contributed by atoms with Crippen molar-refractivity contribution in [1.29, 1.82) is 0 Å². The van der Waals surface area contributed by atoms with Crippen molar-refractivity contribution in [3.63, 3.8) is 0 Å². The Kier molecular flexibility index (Phi) is 6.32. The summed E-state index contributed by atoms with van der Waals surface area (Å²) < 4.78 is 0. The molecule has 0 radical (unpaired) electrons. The summed E-state index contributed by atoms with van der Waals surface area (Å²) in [6.07, 6.45) is 2.92. The lowest BCUT2D eigenvalue weighted by Gasteiger charge is -2.34. The van der Waals surface area contributed by atoms with Gasteiger partial charge in [-0.05, 0) is 42.5 Å². The van der Waals surface area contributed by atoms with Crippen LogP contribution in [-0.4, -0.2) is 23.5 Å². The number of hydrogen-bond donors (Lipinski definition) is 1. The molecule has 1 aliphatic rings. The van der Waals surface area contributed by atoms with Crippen LogP contribution in [0, 0.1) is 23.7 Å². The standard InChI is InChI=1S/C14H25N3O2/c1-9(2)12-7-11(4-5-14(12)19)13(16-17-15)6-10(3)8-18/h9-13,18H,4-8H2,1-3H3/t10-,11+,12+,13+/m1/s1. The second-order valence-electron chi connectivity index (χ2n) is 6.15. The van der Waals surface area contributed by atoms with Gasteiger partial charge < -0.3 is 5.11 Å². The Morgan fingerprint density at radius 3 is 2.68 bits per heavy atom. The fourth-order valence-corrected chi connectivity index (χ4v) is 2.97. The third-order valence-corrected chi connectivity index (χ3v) is 4.24. The van der Waals surface area contributed by atoms with Crippen LogP contribution in [0.1, 0.15) is 46.5 Å². The van der Waals surface area contributed by atoms with Crippen molar-refractivity contribution >= 4 is 5.78 Å². The summed E-state index contributed by atoms with van der Waals surface area (Å²) in [5.74, 6) is 1.19. The minimum Gasteiger partial charge on any atom is -0.396 e. The van der Waals surface area contributed by atoms with Gasteiger partial charge in [0, 0.05) is 29.9 Å². The number of azide groups is 1. The molecule has 0 saturated heterocycles. The molecule has 1 saturated carbocycles. The first-order valence-electron chi connectivity index (χ1n) is 7.17. The van der Waals surface area contributed by atoms with Gasteiger partial charge in [-0.2, -0.15) is 0 Å². The zero-order chi connectivity index (χ0) is 14.4. The van der Waals surface area contributed by atoms with Crippen molar-refractivity contribution < 1.29 is 9.90 Å². The van der Waals surface area contributed by atoms with Crippen LogP contribution in [0.3, 0.4) is 0 Å². The van der Waals surface area contributed by atoms with Crippen molar-refractivity contribution in [1.82, 2.24) is 0 Å². The van der Waals surface area contributed by atoms with Gasteiger partial charge >= 0.3 is 0 Å². The third-order valence-electron chi connectivity index (χ3n) is 4.24. The van der Waals surface area contributed by atoms with Gasteiger partial charge in [0.15, 0.2) is 0 Å². The number of Topliss-reactive ketones (excluding diaryl/α,β-unsaturated/α-hetero) is 1. The largest absolute Gasteiger partial charge is 0.396 e. The lowest BCUT2D eigenvalue weighted by Crippen LogP contribution is -2.34. The summed E-state index contributed by atoms with van der Waals surface area (Å²) >= 11 is 0. The second-order valence-corrected chi connectivity index (χ2v) is 6.15. The highest BCUT2D eigenvalue weighted by molar-refractivity contribution is 5.82. The number of aliphatic hydroxyl groups is 1. The Morgan fingerprint density at radius 1 is 1.47 bits per heavy atom.